The predicted octanol–water partition coefficient (Wildman–Crippen LogP) is 2.98. The fourth-order valence-corrected chi connectivity index (χ4v) is 1.21. The van der Waals surface area contributed by atoms with Crippen LogP contribution < -0.4 is 5.32 Å². The largest absolute Gasteiger partial charge is 0.386 e. The minimum Gasteiger partial charge on any atom is -0.386 e. The van der Waals surface area contributed by atoms with E-state index in [0.29, 0.717) is 10.1 Å². The van der Waals surface area contributed by atoms with Crippen molar-refractivity contribution < 1.29 is 0 Å². The third-order valence-corrected chi connectivity index (χ3v) is 1.60. The highest BCUT2D eigenvalue weighted by atomic mass is 35.5. The van der Waals surface area contributed by atoms with E-state index in [-0.39, 0.29) is 0 Å². The van der Waals surface area contributed by atoms with Gasteiger partial charge in [0.15, 0.2) is 0 Å². The Balaban J connectivity index is 4.66. The number of hydrogen-bond donors (Lipinski definition) is 1. The van der Waals surface area contributed by atoms with E-state index >= 15 is 0 Å². The molecule has 0 atom stereocenters. The summed E-state index contributed by atoms with van der Waals surface area (Å²) in [6.45, 7) is 5.29. The summed E-state index contributed by atoms with van der Waals surface area (Å²) in [6, 6.07) is 0. The second-order valence-electron chi connectivity index (χ2n) is 1.91. The monoisotopic (exact) mass is 191 g/mol. The van der Waals surface area contributed by atoms with E-state index in [1.54, 1.807) is 26.1 Å². The Bertz CT molecular complexity index is 200. The van der Waals surface area contributed by atoms with Crippen LogP contribution in [0.25, 0.3) is 0 Å². The molecular formula is C8H11Cl2N. The molecule has 1 N–H and O–H groups in total. The summed E-state index contributed by atoms with van der Waals surface area (Å²) < 4.78 is 0. The maximum Gasteiger partial charge on any atom is 0.0671 e. The van der Waals surface area contributed by atoms with Gasteiger partial charge in [0.05, 0.1) is 10.7 Å². The van der Waals surface area contributed by atoms with Gasteiger partial charge in [-0.1, -0.05) is 35.9 Å². The molecular weight excluding hydrogens is 181 g/mol. The molecule has 0 spiro atoms. The van der Waals surface area contributed by atoms with E-state index in [1.807, 2.05) is 0 Å². The summed E-state index contributed by atoms with van der Waals surface area (Å²) in [5.41, 5.74) is 0.730. The number of nitrogens with one attached hydrogen (secondary N) is 1. The van der Waals surface area contributed by atoms with E-state index in [2.05, 4.69) is 11.9 Å². The smallest absolute Gasteiger partial charge is 0.0671 e. The molecule has 0 aliphatic heterocycles. The molecule has 0 aromatic rings. The molecule has 0 heterocycles. The van der Waals surface area contributed by atoms with Crippen molar-refractivity contribution in [3.05, 3.63) is 34.5 Å². The SMILES string of the molecule is C=C/C=C(Cl)\C(NC)=C(/C)Cl. The Hall–Kier alpha value is -0.400. The molecule has 0 saturated carbocycles. The predicted molar refractivity (Wildman–Crippen MR) is 51.7 cm³/mol. The fraction of sp³-hybridized carbons (Fsp3) is 0.250. The third-order valence-electron chi connectivity index (χ3n) is 1.10. The van der Waals surface area contributed by atoms with Crippen molar-refractivity contribution in [3.63, 3.8) is 0 Å². The number of rotatable bonds is 3. The lowest BCUT2D eigenvalue weighted by molar-refractivity contribution is 1.01. The van der Waals surface area contributed by atoms with Gasteiger partial charge in [0, 0.05) is 12.1 Å². The molecule has 1 nitrogen and oxygen atoms in total. The second-order valence-corrected chi connectivity index (χ2v) is 2.88. The summed E-state index contributed by atoms with van der Waals surface area (Å²) in [4.78, 5) is 0. The van der Waals surface area contributed by atoms with Crippen LogP contribution in [0.2, 0.25) is 0 Å². The van der Waals surface area contributed by atoms with Crippen LogP contribution in [0.1, 0.15) is 6.92 Å². The maximum atomic E-state index is 5.83. The van der Waals surface area contributed by atoms with Gasteiger partial charge in [-0.3, -0.25) is 0 Å². The molecule has 0 saturated heterocycles. The molecule has 0 radical (unpaired) electrons. The van der Waals surface area contributed by atoms with Gasteiger partial charge in [-0.2, -0.15) is 0 Å². The van der Waals surface area contributed by atoms with E-state index in [9.17, 15) is 0 Å². The molecule has 0 rings (SSSR count). The average molecular weight is 192 g/mol. The van der Waals surface area contributed by atoms with Gasteiger partial charge in [-0.25, -0.2) is 0 Å². The maximum absolute atomic E-state index is 5.83. The molecule has 0 aliphatic rings. The van der Waals surface area contributed by atoms with E-state index in [4.69, 9.17) is 23.2 Å². The van der Waals surface area contributed by atoms with Gasteiger partial charge in [0.25, 0.3) is 0 Å². The Morgan fingerprint density at radius 2 is 2.00 bits per heavy atom. The van der Waals surface area contributed by atoms with Crippen molar-refractivity contribution >= 4 is 23.2 Å². The van der Waals surface area contributed by atoms with Crippen LogP contribution in [-0.2, 0) is 0 Å². The van der Waals surface area contributed by atoms with Gasteiger partial charge in [-0.05, 0) is 13.0 Å². The summed E-state index contributed by atoms with van der Waals surface area (Å²) in [5.74, 6) is 0. The molecule has 0 bridgehead atoms. The van der Waals surface area contributed by atoms with Gasteiger partial charge in [-0.15, -0.1) is 0 Å². The van der Waals surface area contributed by atoms with Crippen molar-refractivity contribution in [3.8, 4) is 0 Å². The van der Waals surface area contributed by atoms with Crippen LogP contribution in [-0.4, -0.2) is 7.05 Å². The lowest BCUT2D eigenvalue weighted by Gasteiger charge is -2.05. The van der Waals surface area contributed by atoms with Gasteiger partial charge < -0.3 is 5.32 Å². The van der Waals surface area contributed by atoms with Crippen molar-refractivity contribution in [1.29, 1.82) is 0 Å². The molecule has 62 valence electrons. The van der Waals surface area contributed by atoms with E-state index in [1.165, 1.54) is 0 Å². The van der Waals surface area contributed by atoms with Crippen LogP contribution in [0.3, 0.4) is 0 Å². The fourth-order valence-electron chi connectivity index (χ4n) is 0.643. The topological polar surface area (TPSA) is 12.0 Å². The molecule has 0 aliphatic carbocycles. The van der Waals surface area contributed by atoms with Crippen molar-refractivity contribution in [2.75, 3.05) is 7.05 Å². The van der Waals surface area contributed by atoms with Crippen LogP contribution in [0.5, 0.6) is 0 Å². The number of halogens is 2. The van der Waals surface area contributed by atoms with E-state index in [0.717, 1.165) is 5.70 Å². The highest BCUT2D eigenvalue weighted by Crippen LogP contribution is 2.17. The van der Waals surface area contributed by atoms with Crippen molar-refractivity contribution in [2.45, 2.75) is 6.92 Å². The first-order valence-corrected chi connectivity index (χ1v) is 3.91. The molecule has 11 heavy (non-hydrogen) atoms. The van der Waals surface area contributed by atoms with Crippen molar-refractivity contribution in [2.24, 2.45) is 0 Å². The van der Waals surface area contributed by atoms with Gasteiger partial charge >= 0.3 is 0 Å². The molecule has 3 heteroatoms. The number of hydrogen-bond acceptors (Lipinski definition) is 1. The molecule has 0 unspecified atom stereocenters. The van der Waals surface area contributed by atoms with Crippen molar-refractivity contribution in [1.82, 2.24) is 5.32 Å². The summed E-state index contributed by atoms with van der Waals surface area (Å²) in [5, 5.41) is 4.09. The van der Waals surface area contributed by atoms with Crippen LogP contribution >= 0.6 is 23.2 Å². The quantitative estimate of drug-likeness (QED) is 0.677. The van der Waals surface area contributed by atoms with Crippen LogP contribution in [0.4, 0.5) is 0 Å². The van der Waals surface area contributed by atoms with Crippen LogP contribution in [0, 0.1) is 0 Å². The Kier molecular flexibility index (Phi) is 5.08. The number of allylic oxidation sites excluding steroid dienone is 4. The lowest BCUT2D eigenvalue weighted by atomic mass is 10.3. The minimum atomic E-state index is 0.565. The Morgan fingerprint density at radius 1 is 1.45 bits per heavy atom. The minimum absolute atomic E-state index is 0.565. The zero-order valence-corrected chi connectivity index (χ0v) is 8.13. The first-order chi connectivity index (χ1) is 5.13. The molecule has 0 aromatic carbocycles. The Labute approximate surface area is 77.4 Å². The van der Waals surface area contributed by atoms with E-state index < -0.39 is 0 Å². The summed E-state index contributed by atoms with van der Waals surface area (Å²) >= 11 is 11.6. The summed E-state index contributed by atoms with van der Waals surface area (Å²) in [7, 11) is 1.76. The Morgan fingerprint density at radius 3 is 2.27 bits per heavy atom. The third kappa shape index (κ3) is 3.49. The van der Waals surface area contributed by atoms with Gasteiger partial charge in [0.1, 0.15) is 0 Å². The van der Waals surface area contributed by atoms with Gasteiger partial charge in [0.2, 0.25) is 0 Å². The first kappa shape index (κ1) is 10.6. The first-order valence-electron chi connectivity index (χ1n) is 3.16. The molecule has 0 fully saturated rings. The highest BCUT2D eigenvalue weighted by Gasteiger charge is 2.00. The normalized spacial score (nSPS) is 14.0. The average Bonchev–Trinajstić information content (AvgIpc) is 1.88. The zero-order valence-electron chi connectivity index (χ0n) is 6.62. The zero-order chi connectivity index (χ0) is 8.85. The van der Waals surface area contributed by atoms with Crippen LogP contribution in [0.15, 0.2) is 34.5 Å². The second kappa shape index (κ2) is 5.28. The lowest BCUT2D eigenvalue weighted by Crippen LogP contribution is -2.06. The molecule has 0 amide bonds. The standard InChI is InChI=1S/C8H11Cl2N/c1-4-5-7(10)8(11-3)6(2)9/h4-5,11H,1H2,2-3H3/b7-5+,8-6-. The highest BCUT2D eigenvalue weighted by molar-refractivity contribution is 6.35. The number of likely N-dealkylation sites (N-methyl/N-ethyl adjacent to an activating group) is 1. The molecule has 0 aromatic heterocycles. The summed E-state index contributed by atoms with van der Waals surface area (Å²) in [6.07, 6.45) is 3.29.